The molecule has 2 amide bonds. The summed E-state index contributed by atoms with van der Waals surface area (Å²) in [6.45, 7) is 5.34. The van der Waals surface area contributed by atoms with E-state index in [-0.39, 0.29) is 5.91 Å². The minimum atomic E-state index is -0.582. The molecule has 0 aliphatic carbocycles. The van der Waals surface area contributed by atoms with Gasteiger partial charge in [-0.05, 0) is 63.2 Å². The number of benzene rings is 2. The molecule has 2 aromatic rings. The van der Waals surface area contributed by atoms with Gasteiger partial charge in [-0.1, -0.05) is 23.2 Å². The molecule has 0 radical (unpaired) electrons. The first-order valence-electron chi connectivity index (χ1n) is 7.50. The van der Waals surface area contributed by atoms with E-state index in [0.29, 0.717) is 27.0 Å². The summed E-state index contributed by atoms with van der Waals surface area (Å²) in [5, 5.41) is 6.14. The zero-order valence-corrected chi connectivity index (χ0v) is 15.5. The van der Waals surface area contributed by atoms with Crippen molar-refractivity contribution in [3.8, 4) is 0 Å². The highest BCUT2D eigenvalue weighted by Crippen LogP contribution is 2.26. The number of amides is 2. The molecule has 2 rings (SSSR count). The summed E-state index contributed by atoms with van der Waals surface area (Å²) >= 11 is 11.9. The highest BCUT2D eigenvalue weighted by Gasteiger charge is 2.16. The van der Waals surface area contributed by atoms with E-state index in [0.717, 1.165) is 0 Å². The van der Waals surface area contributed by atoms with E-state index < -0.39 is 11.7 Å². The lowest BCUT2D eigenvalue weighted by Crippen LogP contribution is -2.27. The molecule has 0 fully saturated rings. The molecule has 0 aromatic heterocycles. The molecule has 0 spiro atoms. The van der Waals surface area contributed by atoms with Crippen LogP contribution in [0.25, 0.3) is 0 Å². The van der Waals surface area contributed by atoms with E-state index in [9.17, 15) is 9.59 Å². The molecule has 5 nitrogen and oxygen atoms in total. The Kier molecular flexibility index (Phi) is 5.93. The van der Waals surface area contributed by atoms with Crippen LogP contribution in [0.15, 0.2) is 42.5 Å². The molecule has 0 atom stereocenters. The molecule has 25 heavy (non-hydrogen) atoms. The predicted octanol–water partition coefficient (Wildman–Crippen LogP) is 5.59. The van der Waals surface area contributed by atoms with Crippen LogP contribution in [-0.4, -0.2) is 17.6 Å². The van der Waals surface area contributed by atoms with E-state index in [4.69, 9.17) is 27.9 Å². The zero-order chi connectivity index (χ0) is 18.6. The lowest BCUT2D eigenvalue weighted by atomic mass is 10.2. The monoisotopic (exact) mass is 380 g/mol. The Balaban J connectivity index is 2.01. The van der Waals surface area contributed by atoms with Crippen LogP contribution in [0.4, 0.5) is 16.2 Å². The smallest absolute Gasteiger partial charge is 0.412 e. The Hall–Kier alpha value is -2.24. The average Bonchev–Trinajstić information content (AvgIpc) is 2.48. The molecule has 2 aromatic carbocycles. The van der Waals surface area contributed by atoms with Gasteiger partial charge in [-0.15, -0.1) is 0 Å². The number of anilines is 2. The van der Waals surface area contributed by atoms with Gasteiger partial charge in [-0.3, -0.25) is 10.1 Å². The number of hydrogen-bond donors (Lipinski definition) is 2. The normalized spacial score (nSPS) is 10.9. The number of halogens is 2. The van der Waals surface area contributed by atoms with E-state index >= 15 is 0 Å². The summed E-state index contributed by atoms with van der Waals surface area (Å²) in [5.41, 5.74) is 0.824. The van der Waals surface area contributed by atoms with Gasteiger partial charge in [0.25, 0.3) is 5.91 Å². The number of carbonyl (C=O) groups is 2. The summed E-state index contributed by atoms with van der Waals surface area (Å²) in [7, 11) is 0. The Morgan fingerprint density at radius 2 is 1.60 bits per heavy atom. The Bertz CT molecular complexity index is 784. The van der Waals surface area contributed by atoms with Crippen molar-refractivity contribution in [2.75, 3.05) is 10.6 Å². The van der Waals surface area contributed by atoms with Crippen molar-refractivity contribution in [2.45, 2.75) is 26.4 Å². The second-order valence-electron chi connectivity index (χ2n) is 6.28. The van der Waals surface area contributed by atoms with E-state index in [1.165, 1.54) is 0 Å². The van der Waals surface area contributed by atoms with Gasteiger partial charge >= 0.3 is 6.09 Å². The number of ether oxygens (including phenoxy) is 1. The summed E-state index contributed by atoms with van der Waals surface area (Å²) in [5.74, 6) is -0.326. The average molecular weight is 381 g/mol. The number of carbonyl (C=O) groups excluding carboxylic acids is 2. The first-order valence-corrected chi connectivity index (χ1v) is 8.26. The van der Waals surface area contributed by atoms with Crippen LogP contribution < -0.4 is 10.6 Å². The molecule has 0 saturated carbocycles. The topological polar surface area (TPSA) is 67.4 Å². The second-order valence-corrected chi connectivity index (χ2v) is 7.13. The van der Waals surface area contributed by atoms with Crippen LogP contribution in [0.1, 0.15) is 31.1 Å². The molecule has 0 unspecified atom stereocenters. The number of nitrogens with one attached hydrogen (secondary N) is 2. The minimum Gasteiger partial charge on any atom is -0.444 e. The third-order valence-electron chi connectivity index (χ3n) is 2.97. The first-order chi connectivity index (χ1) is 11.6. The minimum absolute atomic E-state index is 0.326. The maximum Gasteiger partial charge on any atom is 0.412 e. The van der Waals surface area contributed by atoms with Gasteiger partial charge in [-0.25, -0.2) is 4.79 Å². The lowest BCUT2D eigenvalue weighted by molar-refractivity contribution is 0.0636. The van der Waals surface area contributed by atoms with Crippen LogP contribution >= 0.6 is 23.2 Å². The van der Waals surface area contributed by atoms with Crippen molar-refractivity contribution in [1.29, 1.82) is 0 Å². The summed E-state index contributed by atoms with van der Waals surface area (Å²) < 4.78 is 5.17. The third kappa shape index (κ3) is 5.96. The summed E-state index contributed by atoms with van der Waals surface area (Å²) in [4.78, 5) is 24.0. The number of rotatable bonds is 3. The third-order valence-corrected chi connectivity index (χ3v) is 3.52. The Morgan fingerprint density at radius 3 is 2.16 bits per heavy atom. The van der Waals surface area contributed by atoms with Crippen molar-refractivity contribution < 1.29 is 14.3 Å². The molecule has 0 bridgehead atoms. The van der Waals surface area contributed by atoms with Crippen LogP contribution in [0.5, 0.6) is 0 Å². The highest BCUT2D eigenvalue weighted by molar-refractivity contribution is 6.36. The molecular formula is C18H18Cl2N2O3. The summed E-state index contributed by atoms with van der Waals surface area (Å²) in [6.07, 6.45) is -0.558. The number of hydrogen-bond acceptors (Lipinski definition) is 3. The zero-order valence-electron chi connectivity index (χ0n) is 14.0. The SMILES string of the molecule is CC(C)(C)OC(=O)Nc1ccc(C(=O)Nc2ccc(Cl)cc2Cl)cc1. The van der Waals surface area contributed by atoms with Crippen molar-refractivity contribution >= 4 is 46.6 Å². The largest absolute Gasteiger partial charge is 0.444 e. The Morgan fingerprint density at radius 1 is 0.960 bits per heavy atom. The Labute approximate surface area is 156 Å². The van der Waals surface area contributed by atoms with Gasteiger partial charge in [0, 0.05) is 16.3 Å². The molecule has 7 heteroatoms. The lowest BCUT2D eigenvalue weighted by Gasteiger charge is -2.19. The predicted molar refractivity (Wildman–Crippen MR) is 101 cm³/mol. The molecule has 0 aliphatic rings. The van der Waals surface area contributed by atoms with Crippen LogP contribution in [0.3, 0.4) is 0 Å². The molecule has 2 N–H and O–H groups in total. The summed E-state index contributed by atoms with van der Waals surface area (Å²) in [6, 6.07) is 11.2. The van der Waals surface area contributed by atoms with Gasteiger partial charge in [0.1, 0.15) is 5.60 Å². The van der Waals surface area contributed by atoms with Crippen molar-refractivity contribution in [3.63, 3.8) is 0 Å². The standard InChI is InChI=1S/C18H18Cl2N2O3/c1-18(2,3)25-17(24)21-13-7-4-11(5-8-13)16(23)22-15-9-6-12(19)10-14(15)20/h4-10H,1-3H3,(H,21,24)(H,22,23). The van der Waals surface area contributed by atoms with Gasteiger partial charge < -0.3 is 10.1 Å². The van der Waals surface area contributed by atoms with Crippen LogP contribution in [0, 0.1) is 0 Å². The van der Waals surface area contributed by atoms with Crippen molar-refractivity contribution in [3.05, 3.63) is 58.1 Å². The van der Waals surface area contributed by atoms with Crippen molar-refractivity contribution in [2.24, 2.45) is 0 Å². The van der Waals surface area contributed by atoms with Crippen LogP contribution in [0.2, 0.25) is 10.0 Å². The van der Waals surface area contributed by atoms with Crippen molar-refractivity contribution in [1.82, 2.24) is 0 Å². The van der Waals surface area contributed by atoms with Gasteiger partial charge in [0.15, 0.2) is 0 Å². The molecule has 0 saturated heterocycles. The van der Waals surface area contributed by atoms with E-state index in [1.807, 2.05) is 0 Å². The maximum atomic E-state index is 12.3. The molecule has 0 heterocycles. The second kappa shape index (κ2) is 7.76. The van der Waals surface area contributed by atoms with Gasteiger partial charge in [0.05, 0.1) is 10.7 Å². The highest BCUT2D eigenvalue weighted by atomic mass is 35.5. The van der Waals surface area contributed by atoms with Gasteiger partial charge in [-0.2, -0.15) is 0 Å². The molecule has 132 valence electrons. The fraction of sp³-hybridized carbons (Fsp3) is 0.222. The van der Waals surface area contributed by atoms with E-state index in [2.05, 4.69) is 10.6 Å². The fourth-order valence-electron chi connectivity index (χ4n) is 1.91. The maximum absolute atomic E-state index is 12.3. The van der Waals surface area contributed by atoms with Crippen LogP contribution in [-0.2, 0) is 4.74 Å². The first kappa shape index (κ1) is 19.1. The molecular weight excluding hydrogens is 363 g/mol. The van der Waals surface area contributed by atoms with E-state index in [1.54, 1.807) is 63.2 Å². The quantitative estimate of drug-likeness (QED) is 0.728. The molecule has 0 aliphatic heterocycles. The van der Waals surface area contributed by atoms with Gasteiger partial charge in [0.2, 0.25) is 0 Å². The fourth-order valence-corrected chi connectivity index (χ4v) is 2.37.